The summed E-state index contributed by atoms with van der Waals surface area (Å²) in [4.78, 5) is 39.0. The number of esters is 1. The van der Waals surface area contributed by atoms with Crippen molar-refractivity contribution in [3.8, 4) is 17.6 Å². The number of nitrogens with one attached hydrogen (secondary N) is 1. The van der Waals surface area contributed by atoms with Crippen LogP contribution in [0.4, 0.5) is 0 Å². The normalized spacial score (nSPS) is 14.0. The molecule has 0 aliphatic heterocycles. The number of ether oxygens (including phenoxy) is 2. The van der Waals surface area contributed by atoms with Crippen molar-refractivity contribution in [3.63, 3.8) is 0 Å². The topological polar surface area (TPSA) is 122 Å². The zero-order chi connectivity index (χ0) is 35.1. The highest BCUT2D eigenvalue weighted by Gasteiger charge is 2.37. The maximum atomic E-state index is 13.7. The minimum atomic E-state index is -1.54. The lowest BCUT2D eigenvalue weighted by Gasteiger charge is -2.31. The van der Waals surface area contributed by atoms with Crippen molar-refractivity contribution in [2.24, 2.45) is 5.92 Å². The number of unbranched alkanes of at least 4 members (excludes halogenated alkanes) is 8. The van der Waals surface area contributed by atoms with E-state index in [1.807, 2.05) is 18.2 Å². The van der Waals surface area contributed by atoms with Gasteiger partial charge in [0.15, 0.2) is 0 Å². The highest BCUT2D eigenvalue weighted by Crippen LogP contribution is 2.24. The molecule has 1 aromatic rings. The number of benzene rings is 1. The van der Waals surface area contributed by atoms with Gasteiger partial charge < -0.3 is 25.0 Å². The number of aliphatic hydroxyl groups excluding tert-OH is 1. The van der Waals surface area contributed by atoms with Gasteiger partial charge in [0.2, 0.25) is 5.91 Å². The van der Waals surface area contributed by atoms with Crippen LogP contribution in [0.5, 0.6) is 5.75 Å². The third-order valence-electron chi connectivity index (χ3n) is 7.89. The van der Waals surface area contributed by atoms with E-state index in [2.05, 4.69) is 24.1 Å². The second kappa shape index (κ2) is 23.2. The molecule has 8 nitrogen and oxygen atoms in total. The van der Waals surface area contributed by atoms with Crippen molar-refractivity contribution >= 4 is 17.7 Å². The first-order valence-corrected chi connectivity index (χ1v) is 17.5. The van der Waals surface area contributed by atoms with Crippen LogP contribution in [-0.4, -0.2) is 58.3 Å². The number of carbonyl (C=O) groups excluding carboxylic acids is 3. The molecule has 0 heterocycles. The molecule has 0 aliphatic rings. The third-order valence-corrected chi connectivity index (χ3v) is 7.89. The van der Waals surface area contributed by atoms with E-state index in [0.29, 0.717) is 30.8 Å². The Kier molecular flexibility index (Phi) is 20.7. The average Bonchev–Trinajstić information content (AvgIpc) is 2.99. The molecule has 0 spiro atoms. The van der Waals surface area contributed by atoms with Crippen molar-refractivity contribution in [2.75, 3.05) is 13.2 Å². The summed E-state index contributed by atoms with van der Waals surface area (Å²) < 4.78 is 11.2. The Bertz CT molecular complexity index is 1140. The lowest BCUT2D eigenvalue weighted by atomic mass is 9.84. The van der Waals surface area contributed by atoms with Crippen LogP contribution < -0.4 is 10.1 Å². The fourth-order valence-electron chi connectivity index (χ4n) is 5.16. The Morgan fingerprint density at radius 3 is 2.13 bits per heavy atom. The summed E-state index contributed by atoms with van der Waals surface area (Å²) in [6, 6.07) is 6.21. The van der Waals surface area contributed by atoms with Gasteiger partial charge in [-0.05, 0) is 78.0 Å². The maximum absolute atomic E-state index is 13.7. The molecule has 0 bridgehead atoms. The van der Waals surface area contributed by atoms with Crippen LogP contribution in [0.15, 0.2) is 36.4 Å². The summed E-state index contributed by atoms with van der Waals surface area (Å²) in [5.41, 5.74) is -1.51. The number of aliphatic hydroxyl groups is 2. The summed E-state index contributed by atoms with van der Waals surface area (Å²) in [6.07, 6.45) is 15.3. The number of allylic oxidation sites excluding steroid dienone is 1. The third kappa shape index (κ3) is 19.3. The Balaban J connectivity index is 2.83. The molecule has 1 aromatic carbocycles. The lowest BCUT2D eigenvalue weighted by Crippen LogP contribution is -2.51. The van der Waals surface area contributed by atoms with Crippen molar-refractivity contribution < 1.29 is 34.1 Å². The van der Waals surface area contributed by atoms with Gasteiger partial charge in [-0.25, -0.2) is 4.79 Å². The Morgan fingerprint density at radius 2 is 1.55 bits per heavy atom. The van der Waals surface area contributed by atoms with Crippen molar-refractivity contribution in [1.29, 1.82) is 0 Å². The van der Waals surface area contributed by atoms with Gasteiger partial charge in [-0.1, -0.05) is 75.7 Å². The number of amides is 1. The first kappa shape index (κ1) is 41.9. The second-order valence-electron chi connectivity index (χ2n) is 13.6. The minimum absolute atomic E-state index is 0.0109. The van der Waals surface area contributed by atoms with Crippen LogP contribution in [0.2, 0.25) is 0 Å². The smallest absolute Gasteiger partial charge is 0.329 e. The van der Waals surface area contributed by atoms with Crippen LogP contribution in [0.25, 0.3) is 0 Å². The van der Waals surface area contributed by atoms with Gasteiger partial charge in [0.05, 0.1) is 11.5 Å². The zero-order valence-corrected chi connectivity index (χ0v) is 29.9. The largest absolute Gasteiger partial charge is 0.481 e. The molecule has 0 aromatic heterocycles. The summed E-state index contributed by atoms with van der Waals surface area (Å²) in [7, 11) is 0. The molecule has 264 valence electrons. The van der Waals surface area contributed by atoms with Gasteiger partial charge in [0.25, 0.3) is 0 Å². The molecule has 1 rings (SSSR count). The summed E-state index contributed by atoms with van der Waals surface area (Å²) in [5.74, 6) is 4.51. The molecule has 3 N–H and O–H groups in total. The van der Waals surface area contributed by atoms with Gasteiger partial charge in [0, 0.05) is 32.3 Å². The molecule has 0 radical (unpaired) electrons. The monoisotopic (exact) mass is 655 g/mol. The van der Waals surface area contributed by atoms with Crippen molar-refractivity contribution in [3.05, 3.63) is 42.0 Å². The molecular weight excluding hydrogens is 594 g/mol. The first-order valence-electron chi connectivity index (χ1n) is 17.5. The molecule has 0 fully saturated rings. The molecule has 0 saturated carbocycles. The molecule has 0 saturated heterocycles. The highest BCUT2D eigenvalue weighted by molar-refractivity contribution is 5.87. The number of rotatable bonds is 24. The van der Waals surface area contributed by atoms with Gasteiger partial charge >= 0.3 is 5.97 Å². The van der Waals surface area contributed by atoms with E-state index in [1.165, 1.54) is 26.2 Å². The summed E-state index contributed by atoms with van der Waals surface area (Å²) in [5, 5.41) is 23.6. The summed E-state index contributed by atoms with van der Waals surface area (Å²) in [6.45, 7) is 10.7. The van der Waals surface area contributed by atoms with Crippen molar-refractivity contribution in [2.45, 2.75) is 149 Å². The van der Waals surface area contributed by atoms with E-state index in [1.54, 1.807) is 45.9 Å². The second-order valence-corrected chi connectivity index (χ2v) is 13.6. The minimum Gasteiger partial charge on any atom is -0.481 e. The molecule has 0 unspecified atom stereocenters. The molecule has 1 amide bonds. The quantitative estimate of drug-likeness (QED) is 0.0473. The van der Waals surface area contributed by atoms with Crippen molar-refractivity contribution in [1.82, 2.24) is 5.32 Å². The van der Waals surface area contributed by atoms with Gasteiger partial charge in [0.1, 0.15) is 29.8 Å². The summed E-state index contributed by atoms with van der Waals surface area (Å²) >= 11 is 0. The van der Waals surface area contributed by atoms with E-state index in [-0.39, 0.29) is 26.1 Å². The Hall–Kier alpha value is -3.15. The number of hydrogen-bond acceptors (Lipinski definition) is 7. The number of carbonyl (C=O) groups is 3. The predicted octanol–water partition coefficient (Wildman–Crippen LogP) is 7.03. The number of ketones is 1. The number of Topliss-reactive ketones (excluding diaryl/α,β-unsaturated/α-hetero) is 1. The van der Waals surface area contributed by atoms with Crippen LogP contribution in [-0.2, 0) is 25.5 Å². The first-order chi connectivity index (χ1) is 22.3. The fraction of sp³-hybridized carbons (Fsp3) is 0.667. The SMILES string of the molecule is CC#CCOc1ccc(C[C@H](NC(=O)[C@@H](/C=C/CCCCCCC(=O)CCCCCCC)[C@@](C)(O)CCO)C(=O)OC(C)(C)C)cc1. The fourth-order valence-corrected chi connectivity index (χ4v) is 5.16. The van der Waals surface area contributed by atoms with Crippen LogP contribution >= 0.6 is 0 Å². The molecule has 3 atom stereocenters. The standard InChI is InChI=1S/C39H61NO7/c1-7-9-11-14-17-20-32(42)21-18-15-12-13-16-19-22-34(39(6,45)27-28-41)36(43)40-35(37(44)47-38(3,4)5)30-31-23-25-33(26-24-31)46-29-10-8-2/h19,22-26,34-35,41,45H,7,9,11-18,20-21,27-30H2,1-6H3,(H,40,43)/b22-19+/t34-,35+,39+/m1/s1. The molecular formula is C39H61NO7. The Labute approximate surface area is 284 Å². The van der Waals surface area contributed by atoms with E-state index in [9.17, 15) is 24.6 Å². The predicted molar refractivity (Wildman–Crippen MR) is 188 cm³/mol. The van der Waals surface area contributed by atoms with Gasteiger partial charge in [-0.15, -0.1) is 5.92 Å². The van der Waals surface area contributed by atoms with Crippen LogP contribution in [0, 0.1) is 17.8 Å². The Morgan fingerprint density at radius 1 is 0.936 bits per heavy atom. The maximum Gasteiger partial charge on any atom is 0.329 e. The average molecular weight is 656 g/mol. The highest BCUT2D eigenvalue weighted by atomic mass is 16.6. The lowest BCUT2D eigenvalue weighted by molar-refractivity contribution is -0.159. The van der Waals surface area contributed by atoms with Crippen LogP contribution in [0.3, 0.4) is 0 Å². The van der Waals surface area contributed by atoms with Gasteiger partial charge in [-0.2, -0.15) is 0 Å². The van der Waals surface area contributed by atoms with Gasteiger partial charge in [-0.3, -0.25) is 9.59 Å². The van der Waals surface area contributed by atoms with E-state index >= 15 is 0 Å². The number of hydrogen-bond donors (Lipinski definition) is 3. The molecule has 47 heavy (non-hydrogen) atoms. The van der Waals surface area contributed by atoms with Crippen LogP contribution in [0.1, 0.15) is 131 Å². The van der Waals surface area contributed by atoms with E-state index in [0.717, 1.165) is 44.1 Å². The zero-order valence-electron chi connectivity index (χ0n) is 29.9. The molecule has 0 aliphatic carbocycles. The molecule has 8 heteroatoms. The van der Waals surface area contributed by atoms with E-state index in [4.69, 9.17) is 9.47 Å². The van der Waals surface area contributed by atoms with E-state index < -0.39 is 35.0 Å².